The number of hydrogen-bond acceptors (Lipinski definition) is 25. The molecule has 0 fully saturated rings. The molecule has 0 aliphatic heterocycles. The van der Waals surface area contributed by atoms with Gasteiger partial charge in [0, 0.05) is 0 Å². The second-order valence-electron chi connectivity index (χ2n) is 46.0. The van der Waals surface area contributed by atoms with Gasteiger partial charge < -0.3 is 103 Å². The first-order valence-electron chi connectivity index (χ1n) is 41.2. The molecule has 0 rings (SSSR count). The zero-order valence-electron chi connectivity index (χ0n) is 86.2. The maximum atomic E-state index is 6.97. The number of rotatable bonds is 50. The Labute approximate surface area is 740 Å². The molecule has 25 nitrogen and oxygen atoms in total. The maximum Gasteiger partial charge on any atom is 0.314 e. The van der Waals surface area contributed by atoms with Crippen molar-refractivity contribution in [3.05, 3.63) is 0 Å². The van der Waals surface area contributed by atoms with Crippen LogP contribution >= 0.6 is 0 Å². The van der Waals surface area contributed by atoms with Crippen molar-refractivity contribution in [3.8, 4) is 0 Å². The highest BCUT2D eigenvalue weighted by Gasteiger charge is 2.56. The minimum Gasteiger partial charge on any atom is -0.437 e. The van der Waals surface area contributed by atoms with Crippen LogP contribution in [0.15, 0.2) is 0 Å². The van der Waals surface area contributed by atoms with Crippen LogP contribution in [0.3, 0.4) is 0 Å². The average molecular weight is 2120 g/mol. The minimum absolute atomic E-state index is 1.43. The van der Waals surface area contributed by atoms with Gasteiger partial charge in [-0.2, -0.15) is 0 Å². The molecule has 0 radical (unpaired) electrons. The monoisotopic (exact) mass is 2110 g/mol. The van der Waals surface area contributed by atoms with Gasteiger partial charge in [-0.25, -0.2) is 0 Å². The Balaban J connectivity index is -0.00000405. The molecule has 0 atom stereocenters. The third-order valence-corrected chi connectivity index (χ3v) is 114. The molecule has 0 amide bonds. The summed E-state index contributed by atoms with van der Waals surface area (Å²) in [4.78, 5) is 0. The van der Waals surface area contributed by atoms with Crippen LogP contribution in [0.1, 0.15) is 0 Å². The average Bonchev–Trinajstić information content (AvgIpc) is 0.801. The Morgan fingerprint density at radius 2 is 0.0957 bits per heavy atom. The van der Waals surface area contributed by atoms with Crippen LogP contribution in [0.2, 0.25) is 406 Å². The van der Waals surface area contributed by atoms with Crippen molar-refractivity contribution in [3.63, 3.8) is 0 Å². The van der Waals surface area contributed by atoms with Crippen LogP contribution in [0.4, 0.5) is 0 Å². The van der Waals surface area contributed by atoms with E-state index in [1.807, 2.05) is 0 Å². The smallest absolute Gasteiger partial charge is 0.314 e. The Hall–Kier alpha value is 5.07. The van der Waals surface area contributed by atoms with Crippen LogP contribution in [0.25, 0.3) is 0 Å². The van der Waals surface area contributed by atoms with Crippen molar-refractivity contribution in [2.24, 2.45) is 0 Å². The Morgan fingerprint density at radius 3 is 0.139 bits per heavy atom. The molecule has 0 aliphatic rings. The summed E-state index contributed by atoms with van der Waals surface area (Å²) in [6, 6.07) is 0. The molecule has 0 aromatic rings. The molecule has 0 aliphatic carbocycles. The van der Waals surface area contributed by atoms with E-state index in [-0.39, 0.29) is 0 Å². The molecule has 0 saturated heterocycles. The lowest BCUT2D eigenvalue weighted by atomic mass is 11.8. The van der Waals surface area contributed by atoms with Gasteiger partial charge in [-0.3, -0.25) is 0 Å². The fourth-order valence-corrected chi connectivity index (χ4v) is 153. The summed E-state index contributed by atoms with van der Waals surface area (Å²) in [7, 11) is -68.3. The molecule has 0 N–H and O–H groups in total. The predicted octanol–water partition coefficient (Wildman–Crippen LogP) is 23.8. The lowest BCUT2D eigenvalue weighted by molar-refractivity contribution is 0.249. The summed E-state index contributed by atoms with van der Waals surface area (Å²) in [6.45, 7) is 131. The van der Waals surface area contributed by atoms with Crippen molar-refractivity contribution in [1.29, 1.82) is 0 Å². The highest BCUT2D eigenvalue weighted by molar-refractivity contribution is 6.98. The molecular formula is C62H186O25Si28. The van der Waals surface area contributed by atoms with Crippen molar-refractivity contribution in [1.82, 2.24) is 0 Å². The van der Waals surface area contributed by atoms with Gasteiger partial charge in [0.05, 0.1) is 0 Å². The van der Waals surface area contributed by atoms with E-state index in [0.29, 0.717) is 0 Å². The van der Waals surface area contributed by atoms with E-state index >= 15 is 0 Å². The van der Waals surface area contributed by atoms with Gasteiger partial charge in [0.15, 0.2) is 49.9 Å². The van der Waals surface area contributed by atoms with Crippen LogP contribution in [0, 0.1) is 0 Å². The van der Waals surface area contributed by atoms with E-state index in [1.54, 1.807) is 0 Å². The minimum atomic E-state index is -2.88. The molecule has 0 heterocycles. The summed E-state index contributed by atoms with van der Waals surface area (Å²) in [5.74, 6) is 0. The second-order valence-corrected chi connectivity index (χ2v) is 153. The van der Waals surface area contributed by atoms with Gasteiger partial charge in [-0.05, 0) is 406 Å². The largest absolute Gasteiger partial charge is 0.437 e. The molecule has 115 heavy (non-hydrogen) atoms. The molecule has 0 aromatic heterocycles. The van der Waals surface area contributed by atoms with Crippen LogP contribution in [-0.4, -0.2) is 238 Å². The summed E-state index contributed by atoms with van der Waals surface area (Å²) in [6.07, 6.45) is 0. The third kappa shape index (κ3) is 67.9. The quantitative estimate of drug-likeness (QED) is 0.0515. The van der Waals surface area contributed by atoms with Crippen LogP contribution in [-0.2, 0) is 103 Å². The molecule has 0 saturated carbocycles. The van der Waals surface area contributed by atoms with Gasteiger partial charge in [-0.1, -0.05) is 0 Å². The molecule has 0 unspecified atom stereocenters. The van der Waals surface area contributed by atoms with Gasteiger partial charge in [0.1, 0.15) is 0 Å². The fourth-order valence-electron chi connectivity index (χ4n) is 16.1. The molecule has 53 heteroatoms. The van der Waals surface area contributed by atoms with E-state index in [4.69, 9.17) is 103 Å². The van der Waals surface area contributed by atoms with E-state index in [9.17, 15) is 0 Å². The molecule has 696 valence electrons. The second kappa shape index (κ2) is 42.3. The lowest BCUT2D eigenvalue weighted by Gasteiger charge is -2.45. The first-order chi connectivity index (χ1) is 48.7. The van der Waals surface area contributed by atoms with Gasteiger partial charge >= 0.3 is 188 Å². The lowest BCUT2D eigenvalue weighted by Crippen LogP contribution is -2.63. The van der Waals surface area contributed by atoms with Crippen LogP contribution < -0.4 is 0 Å². The van der Waals surface area contributed by atoms with Crippen molar-refractivity contribution in [2.45, 2.75) is 406 Å². The Bertz CT molecular complexity index is 2720. The Morgan fingerprint density at radius 1 is 0.0609 bits per heavy atom. The molecule has 0 aromatic carbocycles. The van der Waals surface area contributed by atoms with Crippen molar-refractivity contribution in [2.75, 3.05) is 0 Å². The van der Waals surface area contributed by atoms with E-state index in [0.717, 1.165) is 0 Å². The summed E-state index contributed by atoms with van der Waals surface area (Å²) >= 11 is 0. The molecular weight excluding hydrogens is 1930 g/mol. The van der Waals surface area contributed by atoms with E-state index in [1.165, 1.54) is 0 Å². The first kappa shape index (κ1) is 124. The van der Waals surface area contributed by atoms with Crippen LogP contribution in [0.5, 0.6) is 0 Å². The molecule has 0 bridgehead atoms. The Kier molecular flexibility index (Phi) is 45.7. The highest BCUT2D eigenvalue weighted by atomic mass is 28.6. The fraction of sp³-hybridized carbons (Fsp3) is 1.00. The zero-order valence-corrected chi connectivity index (χ0v) is 114. The first-order valence-corrected chi connectivity index (χ1v) is 124. The van der Waals surface area contributed by atoms with E-state index < -0.39 is 238 Å². The van der Waals surface area contributed by atoms with E-state index in [2.05, 4.69) is 406 Å². The topological polar surface area (TPSA) is 231 Å². The summed E-state index contributed by atoms with van der Waals surface area (Å²) in [5.41, 5.74) is 0. The van der Waals surface area contributed by atoms with Crippen molar-refractivity contribution >= 4 is 238 Å². The van der Waals surface area contributed by atoms with Crippen molar-refractivity contribution < 1.29 is 103 Å². The van der Waals surface area contributed by atoms with Gasteiger partial charge in [0.2, 0.25) is 0 Å². The predicted molar refractivity (Wildman–Crippen MR) is 552 cm³/mol. The standard InChI is InChI=1S/C46H138O21Si22.2C8H24O2Si3/c1-68(2,3)47-70(7,8)49-72(11,12)51-74(15,16)53-76(19,20)55-78(23,24)57-80(27,28)59-82(31,32)61-84(35,36)63-86(39,40)65-88(43,44)67-89(45,46)66-87(41,42)64-85(37,38)62-83(33,34)60-81(29,30)58-79(25,26)56-77(21,22)54-75(17,18)52-73(13,14)50-71(9,10)48-69(4,5)6;2*1-11(2,3)9-13(7,8)10-12(4,5)6/h1-46H3;2*1-8H3. The molecule has 0 spiro atoms. The maximum absolute atomic E-state index is 6.97. The third-order valence-electron chi connectivity index (χ3n) is 12.7. The SMILES string of the molecule is C[Si](C)(C)O[Si](C)(C)O[Si](C)(C)C.C[Si](C)(C)O[Si](C)(C)O[Si](C)(C)C.C[Si](C)(C)O[Si](C)(C)O[Si](C)(C)O[Si](C)(C)O[Si](C)(C)O[Si](C)(C)O[Si](C)(C)O[Si](C)(C)O[Si](C)(C)O[Si](C)(C)O[Si](C)(C)O[Si](C)(C)O[Si](C)(C)O[Si](C)(C)O[Si](C)(C)O[Si](C)(C)O[Si](C)(C)O[Si](C)(C)O[Si](C)(C)O[Si](C)(C)O[Si](C)(C)O[Si](C)(C)C. The van der Waals surface area contributed by atoms with Gasteiger partial charge in [-0.15, -0.1) is 0 Å². The zero-order chi connectivity index (χ0) is 93.7. The summed E-state index contributed by atoms with van der Waals surface area (Å²) in [5, 5.41) is 0. The highest BCUT2D eigenvalue weighted by Crippen LogP contribution is 2.37. The normalized spacial score (nSPS) is 15.9. The summed E-state index contributed by atoms with van der Waals surface area (Å²) < 4.78 is 168. The number of hydrogen-bond donors (Lipinski definition) is 0. The van der Waals surface area contributed by atoms with Gasteiger partial charge in [0.25, 0.3) is 0 Å².